The van der Waals surface area contributed by atoms with Crippen LogP contribution in [0.4, 0.5) is 0 Å². The van der Waals surface area contributed by atoms with E-state index in [0.717, 1.165) is 5.92 Å². The van der Waals surface area contributed by atoms with Gasteiger partial charge in [-0.3, -0.25) is 0 Å². The number of hydrogen-bond donors (Lipinski definition) is 0. The van der Waals surface area contributed by atoms with Crippen molar-refractivity contribution in [2.24, 2.45) is 5.92 Å². The largest absolute Gasteiger partial charge is 0.0958 e. The highest BCUT2D eigenvalue weighted by atomic mass is 14.3. The van der Waals surface area contributed by atoms with Gasteiger partial charge in [0.25, 0.3) is 0 Å². The Labute approximate surface area is 131 Å². The van der Waals surface area contributed by atoms with E-state index >= 15 is 0 Å². The number of unbranched alkanes of at least 4 members (excludes halogenated alkanes) is 5. The van der Waals surface area contributed by atoms with E-state index < -0.39 is 0 Å². The summed E-state index contributed by atoms with van der Waals surface area (Å²) in [6.45, 7) is 8.59. The van der Waals surface area contributed by atoms with E-state index in [0.29, 0.717) is 0 Å². The van der Waals surface area contributed by atoms with E-state index in [1.54, 1.807) is 5.57 Å². The summed E-state index contributed by atoms with van der Waals surface area (Å²) in [5, 5.41) is 0. The average Bonchev–Trinajstić information content (AvgIpc) is 2.45. The Hall–Kier alpha value is -1.30. The molecule has 0 saturated carbocycles. The second-order valence-corrected chi connectivity index (χ2v) is 6.50. The fourth-order valence-electron chi connectivity index (χ4n) is 3.42. The summed E-state index contributed by atoms with van der Waals surface area (Å²) >= 11 is 0. The first kappa shape index (κ1) is 16.1. The predicted molar refractivity (Wildman–Crippen MR) is 94.3 cm³/mol. The minimum atomic E-state index is 0.769. The molecule has 1 aromatic rings. The van der Waals surface area contributed by atoms with Crippen molar-refractivity contribution in [2.45, 2.75) is 65.2 Å². The third-order valence-corrected chi connectivity index (χ3v) is 4.69. The van der Waals surface area contributed by atoms with Crippen LogP contribution in [0.2, 0.25) is 0 Å². The molecule has 0 fully saturated rings. The molecule has 0 radical (unpaired) electrons. The first-order valence-corrected chi connectivity index (χ1v) is 8.68. The highest BCUT2D eigenvalue weighted by Crippen LogP contribution is 2.47. The van der Waals surface area contributed by atoms with Gasteiger partial charge < -0.3 is 0 Å². The van der Waals surface area contributed by atoms with Gasteiger partial charge >= 0.3 is 0 Å². The molecule has 0 nitrogen and oxygen atoms in total. The molecule has 0 spiro atoms. The van der Waals surface area contributed by atoms with E-state index in [2.05, 4.69) is 50.8 Å². The van der Waals surface area contributed by atoms with Gasteiger partial charge in [0.15, 0.2) is 0 Å². The standard InChI is InChI=1S/C21H30/c1-4-5-6-7-8-10-15-19-16-20(17(2)3)21(19)18-13-11-9-12-14-18/h9,11-14,19H,2,4-8,10,15-16H2,1,3H3. The quantitative estimate of drug-likeness (QED) is 0.437. The number of allylic oxidation sites excluding steroid dienone is 3. The van der Waals surface area contributed by atoms with Gasteiger partial charge in [-0.1, -0.05) is 87.9 Å². The average molecular weight is 282 g/mol. The molecule has 114 valence electrons. The van der Waals surface area contributed by atoms with E-state index in [9.17, 15) is 0 Å². The van der Waals surface area contributed by atoms with Crippen molar-refractivity contribution >= 4 is 5.57 Å². The molecule has 0 bridgehead atoms. The van der Waals surface area contributed by atoms with Gasteiger partial charge in [0.2, 0.25) is 0 Å². The molecule has 0 aromatic heterocycles. The SMILES string of the molecule is C=C(C)C1=C(c2ccccc2)C(CCCCCCCC)C1. The molecule has 21 heavy (non-hydrogen) atoms. The fraction of sp³-hybridized carbons (Fsp3) is 0.524. The maximum Gasteiger partial charge on any atom is -0.0113 e. The molecule has 1 unspecified atom stereocenters. The second kappa shape index (κ2) is 8.22. The summed E-state index contributed by atoms with van der Waals surface area (Å²) in [5.74, 6) is 0.769. The Morgan fingerprint density at radius 3 is 2.38 bits per heavy atom. The van der Waals surface area contributed by atoms with Crippen molar-refractivity contribution in [1.29, 1.82) is 0 Å². The summed E-state index contributed by atoms with van der Waals surface area (Å²) in [4.78, 5) is 0. The van der Waals surface area contributed by atoms with Gasteiger partial charge in [-0.15, -0.1) is 0 Å². The zero-order valence-corrected chi connectivity index (χ0v) is 13.8. The van der Waals surface area contributed by atoms with E-state index in [1.165, 1.54) is 68.1 Å². The fourth-order valence-corrected chi connectivity index (χ4v) is 3.42. The zero-order chi connectivity index (χ0) is 15.1. The number of hydrogen-bond acceptors (Lipinski definition) is 0. The predicted octanol–water partition coefficient (Wildman–Crippen LogP) is 6.79. The summed E-state index contributed by atoms with van der Waals surface area (Å²) in [5.41, 5.74) is 5.76. The molecular formula is C21H30. The van der Waals surface area contributed by atoms with Crippen LogP contribution in [0.5, 0.6) is 0 Å². The van der Waals surface area contributed by atoms with E-state index in [4.69, 9.17) is 0 Å². The molecular weight excluding hydrogens is 252 g/mol. The van der Waals surface area contributed by atoms with Crippen LogP contribution in [0.3, 0.4) is 0 Å². The molecule has 0 amide bonds. The lowest BCUT2D eigenvalue weighted by molar-refractivity contribution is 0.501. The maximum absolute atomic E-state index is 4.16. The second-order valence-electron chi connectivity index (χ2n) is 6.50. The third-order valence-electron chi connectivity index (χ3n) is 4.69. The Morgan fingerprint density at radius 2 is 1.71 bits per heavy atom. The van der Waals surface area contributed by atoms with Crippen LogP contribution in [0.1, 0.15) is 70.8 Å². The van der Waals surface area contributed by atoms with Crippen molar-refractivity contribution < 1.29 is 0 Å². The molecule has 0 saturated heterocycles. The van der Waals surface area contributed by atoms with E-state index in [-0.39, 0.29) is 0 Å². The van der Waals surface area contributed by atoms with Gasteiger partial charge in [-0.05, 0) is 42.4 Å². The third kappa shape index (κ3) is 4.33. The first-order chi connectivity index (χ1) is 10.2. The lowest BCUT2D eigenvalue weighted by Gasteiger charge is -2.35. The lowest BCUT2D eigenvalue weighted by atomic mass is 9.70. The van der Waals surface area contributed by atoms with Gasteiger partial charge in [0.1, 0.15) is 0 Å². The van der Waals surface area contributed by atoms with E-state index in [1.807, 2.05) is 0 Å². The number of rotatable bonds is 9. The Balaban J connectivity index is 1.89. The molecule has 0 heteroatoms. The monoisotopic (exact) mass is 282 g/mol. The van der Waals surface area contributed by atoms with Crippen LogP contribution in [0.15, 0.2) is 48.1 Å². The molecule has 1 aromatic carbocycles. The highest BCUT2D eigenvalue weighted by molar-refractivity contribution is 5.79. The molecule has 2 rings (SSSR count). The zero-order valence-electron chi connectivity index (χ0n) is 13.8. The van der Waals surface area contributed by atoms with Crippen molar-refractivity contribution in [3.05, 3.63) is 53.6 Å². The van der Waals surface area contributed by atoms with Crippen LogP contribution in [0, 0.1) is 5.92 Å². The molecule has 0 aliphatic heterocycles. The minimum absolute atomic E-state index is 0.769. The van der Waals surface area contributed by atoms with Crippen LogP contribution < -0.4 is 0 Å². The first-order valence-electron chi connectivity index (χ1n) is 8.68. The van der Waals surface area contributed by atoms with Crippen LogP contribution in [-0.2, 0) is 0 Å². The molecule has 0 N–H and O–H groups in total. The number of benzene rings is 1. The normalized spacial score (nSPS) is 17.7. The van der Waals surface area contributed by atoms with Crippen LogP contribution in [-0.4, -0.2) is 0 Å². The topological polar surface area (TPSA) is 0 Å². The molecule has 1 atom stereocenters. The summed E-state index contributed by atoms with van der Waals surface area (Å²) < 4.78 is 0. The van der Waals surface area contributed by atoms with Crippen LogP contribution in [0.25, 0.3) is 5.57 Å². The van der Waals surface area contributed by atoms with Gasteiger partial charge in [-0.25, -0.2) is 0 Å². The molecule has 0 heterocycles. The van der Waals surface area contributed by atoms with Crippen LogP contribution >= 0.6 is 0 Å². The maximum atomic E-state index is 4.16. The Morgan fingerprint density at radius 1 is 1.05 bits per heavy atom. The summed E-state index contributed by atoms with van der Waals surface area (Å²) in [6, 6.07) is 10.9. The summed E-state index contributed by atoms with van der Waals surface area (Å²) in [6.07, 6.45) is 11.0. The lowest BCUT2D eigenvalue weighted by Crippen LogP contribution is -2.18. The van der Waals surface area contributed by atoms with Gasteiger partial charge in [-0.2, -0.15) is 0 Å². The van der Waals surface area contributed by atoms with Crippen molar-refractivity contribution in [3.8, 4) is 0 Å². The highest BCUT2D eigenvalue weighted by Gasteiger charge is 2.29. The Kier molecular flexibility index (Phi) is 6.29. The minimum Gasteiger partial charge on any atom is -0.0958 e. The molecule has 1 aliphatic carbocycles. The van der Waals surface area contributed by atoms with Crippen molar-refractivity contribution in [3.63, 3.8) is 0 Å². The Bertz CT molecular complexity index is 478. The van der Waals surface area contributed by atoms with Crippen molar-refractivity contribution in [1.82, 2.24) is 0 Å². The smallest absolute Gasteiger partial charge is 0.0113 e. The summed E-state index contributed by atoms with van der Waals surface area (Å²) in [7, 11) is 0. The molecule has 1 aliphatic rings. The van der Waals surface area contributed by atoms with Crippen molar-refractivity contribution in [2.75, 3.05) is 0 Å². The van der Waals surface area contributed by atoms with Gasteiger partial charge in [0, 0.05) is 0 Å². The van der Waals surface area contributed by atoms with Gasteiger partial charge in [0.05, 0.1) is 0 Å².